The SMILES string of the molecule is CCC(CC)n1c(OC)nc2c(-c3ccccc3Cl)ccnc21. The fourth-order valence-electron chi connectivity index (χ4n) is 2.99. The predicted molar refractivity (Wildman–Crippen MR) is 94.1 cm³/mol. The molecule has 0 aliphatic carbocycles. The van der Waals surface area contributed by atoms with Crippen LogP contribution in [0.5, 0.6) is 6.01 Å². The Bertz CT molecular complexity index is 824. The number of benzene rings is 1. The molecule has 0 radical (unpaired) electrons. The third-order valence-corrected chi connectivity index (χ3v) is 4.53. The van der Waals surface area contributed by atoms with Crippen molar-refractivity contribution in [2.24, 2.45) is 0 Å². The van der Waals surface area contributed by atoms with E-state index in [4.69, 9.17) is 16.3 Å². The van der Waals surface area contributed by atoms with Gasteiger partial charge in [0.15, 0.2) is 5.65 Å². The average molecular weight is 330 g/mol. The van der Waals surface area contributed by atoms with Gasteiger partial charge in [-0.25, -0.2) is 4.98 Å². The van der Waals surface area contributed by atoms with E-state index in [1.807, 2.05) is 30.3 Å². The van der Waals surface area contributed by atoms with Crippen molar-refractivity contribution in [3.63, 3.8) is 0 Å². The van der Waals surface area contributed by atoms with Gasteiger partial charge in [0.25, 0.3) is 6.01 Å². The number of hydrogen-bond donors (Lipinski definition) is 0. The Morgan fingerprint density at radius 3 is 2.52 bits per heavy atom. The molecule has 3 rings (SSSR count). The summed E-state index contributed by atoms with van der Waals surface area (Å²) in [5.74, 6) is 0. The Labute approximate surface area is 141 Å². The number of methoxy groups -OCH3 is 1. The van der Waals surface area contributed by atoms with Crippen molar-refractivity contribution in [3.8, 4) is 17.1 Å². The highest BCUT2D eigenvalue weighted by Gasteiger charge is 2.21. The normalized spacial score (nSPS) is 11.3. The van der Waals surface area contributed by atoms with E-state index in [9.17, 15) is 0 Å². The van der Waals surface area contributed by atoms with Crippen molar-refractivity contribution < 1.29 is 4.74 Å². The number of rotatable bonds is 5. The second-order valence-corrected chi connectivity index (χ2v) is 5.86. The minimum Gasteiger partial charge on any atom is -0.468 e. The molecule has 0 aliphatic heterocycles. The first kappa shape index (κ1) is 15.8. The van der Waals surface area contributed by atoms with Crippen LogP contribution in [0.15, 0.2) is 36.5 Å². The van der Waals surface area contributed by atoms with Gasteiger partial charge in [-0.05, 0) is 25.0 Å². The summed E-state index contributed by atoms with van der Waals surface area (Å²) in [5, 5.41) is 0.705. The van der Waals surface area contributed by atoms with Crippen molar-refractivity contribution in [2.45, 2.75) is 32.7 Å². The minimum absolute atomic E-state index is 0.309. The number of aromatic nitrogens is 3. The molecule has 23 heavy (non-hydrogen) atoms. The van der Waals surface area contributed by atoms with E-state index in [-0.39, 0.29) is 0 Å². The molecule has 5 heteroatoms. The number of nitrogens with zero attached hydrogens (tertiary/aromatic N) is 3. The second-order valence-electron chi connectivity index (χ2n) is 5.45. The van der Waals surface area contributed by atoms with Gasteiger partial charge < -0.3 is 4.74 Å². The lowest BCUT2D eigenvalue weighted by atomic mass is 10.1. The molecule has 0 spiro atoms. The molecular weight excluding hydrogens is 310 g/mol. The highest BCUT2D eigenvalue weighted by molar-refractivity contribution is 6.33. The van der Waals surface area contributed by atoms with Gasteiger partial charge in [-0.15, -0.1) is 0 Å². The lowest BCUT2D eigenvalue weighted by molar-refractivity contribution is 0.332. The van der Waals surface area contributed by atoms with Gasteiger partial charge in [-0.1, -0.05) is 43.6 Å². The maximum Gasteiger partial charge on any atom is 0.298 e. The Hall–Kier alpha value is -2.07. The molecule has 0 unspecified atom stereocenters. The second kappa shape index (κ2) is 6.59. The molecule has 0 amide bonds. The topological polar surface area (TPSA) is 39.9 Å². The van der Waals surface area contributed by atoms with Crippen LogP contribution < -0.4 is 4.74 Å². The van der Waals surface area contributed by atoms with Crippen LogP contribution in [0, 0.1) is 0 Å². The molecule has 4 nitrogen and oxygen atoms in total. The number of imidazole rings is 1. The van der Waals surface area contributed by atoms with E-state index in [1.54, 1.807) is 13.3 Å². The lowest BCUT2D eigenvalue weighted by Crippen LogP contribution is -2.09. The zero-order valence-electron chi connectivity index (χ0n) is 13.6. The first-order chi connectivity index (χ1) is 11.2. The van der Waals surface area contributed by atoms with Crippen molar-refractivity contribution >= 4 is 22.8 Å². The summed E-state index contributed by atoms with van der Waals surface area (Å²) in [6.45, 7) is 4.33. The number of pyridine rings is 1. The Balaban J connectivity index is 2.30. The molecule has 0 N–H and O–H groups in total. The molecular formula is C18H20ClN3O. The summed E-state index contributed by atoms with van der Waals surface area (Å²) in [5.41, 5.74) is 3.60. The fraction of sp³-hybridized carbons (Fsp3) is 0.333. The first-order valence-electron chi connectivity index (χ1n) is 7.87. The van der Waals surface area contributed by atoms with Gasteiger partial charge in [0.2, 0.25) is 0 Å². The molecule has 0 bridgehead atoms. The van der Waals surface area contributed by atoms with Crippen LogP contribution in [0.1, 0.15) is 32.7 Å². The largest absolute Gasteiger partial charge is 0.468 e. The standard InChI is InChI=1S/C18H20ClN3O/c1-4-12(5-2)22-17-16(21-18(22)23-3)14(10-11-20-17)13-8-6-7-9-15(13)19/h6-12H,4-5H2,1-3H3. The maximum absolute atomic E-state index is 6.37. The van der Waals surface area contributed by atoms with Crippen molar-refractivity contribution in [2.75, 3.05) is 7.11 Å². The fourth-order valence-corrected chi connectivity index (χ4v) is 3.23. The van der Waals surface area contributed by atoms with Crippen molar-refractivity contribution in [3.05, 3.63) is 41.6 Å². The molecule has 0 fully saturated rings. The summed E-state index contributed by atoms with van der Waals surface area (Å²) in [7, 11) is 1.65. The number of hydrogen-bond acceptors (Lipinski definition) is 3. The summed E-state index contributed by atoms with van der Waals surface area (Å²) < 4.78 is 7.61. The lowest BCUT2D eigenvalue weighted by Gasteiger charge is -2.16. The van der Waals surface area contributed by atoms with Crippen LogP contribution in [-0.2, 0) is 0 Å². The molecule has 3 aromatic rings. The van der Waals surface area contributed by atoms with E-state index in [0.717, 1.165) is 35.1 Å². The third kappa shape index (κ3) is 2.68. The highest BCUT2D eigenvalue weighted by atomic mass is 35.5. The van der Waals surface area contributed by atoms with E-state index >= 15 is 0 Å². The Morgan fingerprint density at radius 1 is 1.13 bits per heavy atom. The molecule has 2 heterocycles. The summed E-state index contributed by atoms with van der Waals surface area (Å²) >= 11 is 6.37. The van der Waals surface area contributed by atoms with Crippen LogP contribution in [0.2, 0.25) is 5.02 Å². The zero-order valence-corrected chi connectivity index (χ0v) is 14.3. The van der Waals surface area contributed by atoms with Gasteiger partial charge in [-0.2, -0.15) is 4.98 Å². The number of fused-ring (bicyclic) bond motifs is 1. The average Bonchev–Trinajstić information content (AvgIpc) is 2.95. The van der Waals surface area contributed by atoms with Crippen LogP contribution in [0.25, 0.3) is 22.3 Å². The minimum atomic E-state index is 0.309. The first-order valence-corrected chi connectivity index (χ1v) is 8.24. The maximum atomic E-state index is 6.37. The summed E-state index contributed by atoms with van der Waals surface area (Å²) in [4.78, 5) is 9.24. The Morgan fingerprint density at radius 2 is 1.87 bits per heavy atom. The summed E-state index contributed by atoms with van der Waals surface area (Å²) in [6.07, 6.45) is 3.80. The van der Waals surface area contributed by atoms with Crippen LogP contribution in [0.4, 0.5) is 0 Å². The van der Waals surface area contributed by atoms with Crippen molar-refractivity contribution in [1.29, 1.82) is 0 Å². The molecule has 120 valence electrons. The van der Waals surface area contributed by atoms with Gasteiger partial charge in [-0.3, -0.25) is 4.57 Å². The van der Waals surface area contributed by atoms with Crippen LogP contribution >= 0.6 is 11.6 Å². The molecule has 0 atom stereocenters. The van der Waals surface area contributed by atoms with E-state index in [2.05, 4.69) is 28.4 Å². The predicted octanol–water partition coefficient (Wildman–Crippen LogP) is 5.12. The summed E-state index contributed by atoms with van der Waals surface area (Å²) in [6, 6.07) is 10.6. The molecule has 0 saturated carbocycles. The van der Waals surface area contributed by atoms with Crippen LogP contribution in [-0.4, -0.2) is 21.6 Å². The van der Waals surface area contributed by atoms with Crippen LogP contribution in [0.3, 0.4) is 0 Å². The monoisotopic (exact) mass is 329 g/mol. The van der Waals surface area contributed by atoms with E-state index in [0.29, 0.717) is 17.1 Å². The Kier molecular flexibility index (Phi) is 4.53. The highest BCUT2D eigenvalue weighted by Crippen LogP contribution is 2.36. The van der Waals surface area contributed by atoms with E-state index in [1.165, 1.54) is 0 Å². The quantitative estimate of drug-likeness (QED) is 0.652. The third-order valence-electron chi connectivity index (χ3n) is 4.20. The smallest absolute Gasteiger partial charge is 0.298 e. The van der Waals surface area contributed by atoms with Gasteiger partial charge in [0.1, 0.15) is 5.52 Å². The van der Waals surface area contributed by atoms with Gasteiger partial charge >= 0.3 is 0 Å². The van der Waals surface area contributed by atoms with Gasteiger partial charge in [0, 0.05) is 28.4 Å². The molecule has 1 aromatic carbocycles. The number of ether oxygens (including phenoxy) is 1. The van der Waals surface area contributed by atoms with Gasteiger partial charge in [0.05, 0.1) is 7.11 Å². The van der Waals surface area contributed by atoms with E-state index < -0.39 is 0 Å². The molecule has 0 aliphatic rings. The van der Waals surface area contributed by atoms with Crippen molar-refractivity contribution in [1.82, 2.24) is 14.5 Å². The number of halogens is 1. The molecule has 0 saturated heterocycles. The zero-order chi connectivity index (χ0) is 16.4. The molecule has 2 aromatic heterocycles.